The molecule has 1 N–H and O–H groups in total. The van der Waals surface area contributed by atoms with E-state index in [9.17, 15) is 4.79 Å². The van der Waals surface area contributed by atoms with Gasteiger partial charge in [0, 0.05) is 46.4 Å². The summed E-state index contributed by atoms with van der Waals surface area (Å²) >= 11 is 0. The highest BCUT2D eigenvalue weighted by Gasteiger charge is 2.32. The number of hydrogen-bond acceptors (Lipinski definition) is 8. The molecule has 1 fully saturated rings. The van der Waals surface area contributed by atoms with E-state index in [-0.39, 0.29) is 17.9 Å². The van der Waals surface area contributed by atoms with Crippen LogP contribution in [0.15, 0.2) is 54.9 Å². The van der Waals surface area contributed by atoms with E-state index in [4.69, 9.17) is 33.7 Å². The predicted octanol–water partition coefficient (Wildman–Crippen LogP) is 5.49. The number of carbonyl (C=O) groups excluding carboxylic acids is 1. The van der Waals surface area contributed by atoms with Crippen molar-refractivity contribution in [2.45, 2.75) is 57.8 Å². The molecule has 0 spiro atoms. The molecule has 2 aromatic heterocycles. The molecule has 1 aliphatic rings. The van der Waals surface area contributed by atoms with E-state index >= 15 is 0 Å². The van der Waals surface area contributed by atoms with E-state index < -0.39 is 8.07 Å². The molecule has 0 aliphatic carbocycles. The molecule has 4 aromatic rings. The second-order valence-electron chi connectivity index (χ2n) is 12.7. The van der Waals surface area contributed by atoms with Gasteiger partial charge in [0.1, 0.15) is 24.1 Å². The van der Waals surface area contributed by atoms with Gasteiger partial charge in [-0.05, 0) is 47.5 Å². The molecule has 45 heavy (non-hydrogen) atoms. The predicted molar refractivity (Wildman–Crippen MR) is 176 cm³/mol. The zero-order valence-corrected chi connectivity index (χ0v) is 28.1. The van der Waals surface area contributed by atoms with Crippen LogP contribution in [0.4, 0.5) is 0 Å². The maximum atomic E-state index is 12.3. The average molecular weight is 633 g/mol. The van der Waals surface area contributed by atoms with Crippen molar-refractivity contribution in [2.75, 3.05) is 34.5 Å². The molecule has 0 bridgehead atoms. The van der Waals surface area contributed by atoms with Crippen molar-refractivity contribution in [3.8, 4) is 23.1 Å². The molecular formula is C34H44N4O6Si. The highest BCUT2D eigenvalue weighted by Crippen LogP contribution is 2.32. The Hall–Kier alpha value is -4.09. The van der Waals surface area contributed by atoms with Crippen LogP contribution in [-0.4, -0.2) is 69.1 Å². The fraction of sp³-hybridized carbons (Fsp3) is 0.441. The van der Waals surface area contributed by atoms with E-state index in [1.54, 1.807) is 27.7 Å². The molecule has 0 unspecified atom stereocenters. The minimum atomic E-state index is -1.23. The van der Waals surface area contributed by atoms with E-state index in [1.807, 2.05) is 53.1 Å². The summed E-state index contributed by atoms with van der Waals surface area (Å²) in [7, 11) is 3.67. The van der Waals surface area contributed by atoms with Gasteiger partial charge in [0.2, 0.25) is 11.8 Å². The van der Waals surface area contributed by atoms with Gasteiger partial charge in [0.15, 0.2) is 11.5 Å². The van der Waals surface area contributed by atoms with Gasteiger partial charge in [0.05, 0.1) is 38.9 Å². The Labute approximate surface area is 266 Å². The zero-order chi connectivity index (χ0) is 32.0. The second-order valence-corrected chi connectivity index (χ2v) is 18.3. The first-order valence-electron chi connectivity index (χ1n) is 15.4. The number of pyridine rings is 1. The van der Waals surface area contributed by atoms with Crippen LogP contribution < -0.4 is 24.3 Å². The molecule has 3 heterocycles. The number of hydrogen-bond donors (Lipinski definition) is 1. The lowest BCUT2D eigenvalue weighted by Crippen LogP contribution is -2.31. The molecule has 2 atom stereocenters. The van der Waals surface area contributed by atoms with Crippen molar-refractivity contribution >= 4 is 25.0 Å². The van der Waals surface area contributed by atoms with E-state index in [0.717, 1.165) is 39.6 Å². The van der Waals surface area contributed by atoms with Crippen LogP contribution in [0.25, 0.3) is 11.0 Å². The Kier molecular flexibility index (Phi) is 10.3. The van der Waals surface area contributed by atoms with E-state index in [0.29, 0.717) is 56.5 Å². The Morgan fingerprint density at radius 3 is 2.40 bits per heavy atom. The second kappa shape index (κ2) is 14.3. The molecule has 10 nitrogen and oxygen atoms in total. The van der Waals surface area contributed by atoms with E-state index in [1.165, 1.54) is 0 Å². The largest absolute Gasteiger partial charge is 0.497 e. The standard InChI is InChI=1S/C34H44N4O6Si/c1-40-27-10-7-23(8-11-27)16-30(25-18-32(39)35-20-25)44-34-33-28(36-21-38(33)22-43-13-14-45(4,5)6)19-26(37-34)15-24-9-12-29(41-2)31(17-24)42-3/h7-12,17,19,21,25,30H,13-16,18,20,22H2,1-6H3,(H,35,39)/t25-,30-/m1/s1. The number of imidazole rings is 1. The van der Waals surface area contributed by atoms with Crippen molar-refractivity contribution in [3.05, 3.63) is 71.7 Å². The van der Waals surface area contributed by atoms with Crippen LogP contribution in [0.1, 0.15) is 23.2 Å². The van der Waals surface area contributed by atoms with Gasteiger partial charge in [-0.2, -0.15) is 0 Å². The summed E-state index contributed by atoms with van der Waals surface area (Å²) in [6.07, 6.45) is 3.02. The van der Waals surface area contributed by atoms with Gasteiger partial charge >= 0.3 is 0 Å². The summed E-state index contributed by atoms with van der Waals surface area (Å²) in [4.78, 5) is 22.1. The first-order valence-corrected chi connectivity index (χ1v) is 19.1. The summed E-state index contributed by atoms with van der Waals surface area (Å²) < 4.78 is 31.2. The lowest BCUT2D eigenvalue weighted by molar-refractivity contribution is -0.119. The monoisotopic (exact) mass is 632 g/mol. The van der Waals surface area contributed by atoms with Crippen LogP contribution >= 0.6 is 0 Å². The number of benzene rings is 2. The number of amides is 1. The normalized spacial score (nSPS) is 15.6. The third-order valence-corrected chi connectivity index (χ3v) is 9.77. The highest BCUT2D eigenvalue weighted by molar-refractivity contribution is 6.76. The van der Waals surface area contributed by atoms with Crippen LogP contribution in [0.3, 0.4) is 0 Å². The SMILES string of the molecule is COc1ccc(C[C@@H](Oc2nc(Cc3ccc(OC)c(OC)c3)cc3ncn(COCC[Si](C)(C)C)c23)[C@H]2CNC(=O)C2)cc1. The number of ether oxygens (including phenoxy) is 5. The minimum Gasteiger partial charge on any atom is -0.497 e. The Bertz CT molecular complexity index is 1600. The Morgan fingerprint density at radius 2 is 1.73 bits per heavy atom. The van der Waals surface area contributed by atoms with Crippen molar-refractivity contribution < 1.29 is 28.5 Å². The van der Waals surface area contributed by atoms with Gasteiger partial charge in [-0.15, -0.1) is 0 Å². The van der Waals surface area contributed by atoms with Gasteiger partial charge in [0.25, 0.3) is 0 Å². The number of aromatic nitrogens is 3. The first kappa shape index (κ1) is 32.3. The third-order valence-electron chi connectivity index (χ3n) is 8.07. The lowest BCUT2D eigenvalue weighted by Gasteiger charge is -2.24. The number of fused-ring (bicyclic) bond motifs is 1. The number of nitrogens with zero attached hydrogens (tertiary/aromatic N) is 3. The molecule has 0 radical (unpaired) electrons. The number of rotatable bonds is 15. The van der Waals surface area contributed by atoms with Crippen LogP contribution in [0.2, 0.25) is 25.7 Å². The molecule has 2 aromatic carbocycles. The molecule has 240 valence electrons. The molecule has 11 heteroatoms. The molecule has 0 saturated carbocycles. The molecule has 1 aliphatic heterocycles. The highest BCUT2D eigenvalue weighted by atomic mass is 28.3. The number of methoxy groups -OCH3 is 3. The maximum Gasteiger partial charge on any atom is 0.240 e. The molecule has 1 amide bonds. The number of carbonyl (C=O) groups is 1. The molecule has 1 saturated heterocycles. The van der Waals surface area contributed by atoms with E-state index in [2.05, 4.69) is 25.0 Å². The Balaban J connectivity index is 1.49. The zero-order valence-electron chi connectivity index (χ0n) is 27.1. The Morgan fingerprint density at radius 1 is 0.978 bits per heavy atom. The van der Waals surface area contributed by atoms with Gasteiger partial charge in [-0.1, -0.05) is 37.8 Å². The molecular weight excluding hydrogens is 588 g/mol. The number of nitrogens with one attached hydrogen (secondary N) is 1. The van der Waals surface area contributed by atoms with Crippen molar-refractivity contribution in [1.29, 1.82) is 0 Å². The van der Waals surface area contributed by atoms with Crippen LogP contribution in [0, 0.1) is 5.92 Å². The fourth-order valence-corrected chi connectivity index (χ4v) is 6.21. The summed E-state index contributed by atoms with van der Waals surface area (Å²) in [5.74, 6) is 2.61. The van der Waals surface area contributed by atoms with Crippen LogP contribution in [-0.2, 0) is 29.1 Å². The smallest absolute Gasteiger partial charge is 0.240 e. The van der Waals surface area contributed by atoms with Gasteiger partial charge in [-0.25, -0.2) is 9.97 Å². The topological polar surface area (TPSA) is 106 Å². The summed E-state index contributed by atoms with van der Waals surface area (Å²) in [5, 5.41) is 2.98. The van der Waals surface area contributed by atoms with Crippen molar-refractivity contribution in [2.24, 2.45) is 5.92 Å². The fourth-order valence-electron chi connectivity index (χ4n) is 5.45. The lowest BCUT2D eigenvalue weighted by atomic mass is 9.95. The third kappa shape index (κ3) is 8.34. The average Bonchev–Trinajstić information content (AvgIpc) is 3.65. The van der Waals surface area contributed by atoms with Crippen LogP contribution in [0.5, 0.6) is 23.1 Å². The van der Waals surface area contributed by atoms with Crippen molar-refractivity contribution in [3.63, 3.8) is 0 Å². The summed E-state index contributed by atoms with van der Waals surface area (Å²) in [6.45, 7) is 8.60. The minimum absolute atomic E-state index is 0.0182. The maximum absolute atomic E-state index is 12.3. The van der Waals surface area contributed by atoms with Gasteiger partial charge in [-0.3, -0.25) is 4.79 Å². The van der Waals surface area contributed by atoms with Crippen molar-refractivity contribution in [1.82, 2.24) is 19.9 Å². The summed E-state index contributed by atoms with van der Waals surface area (Å²) in [6, 6.07) is 16.9. The first-order chi connectivity index (χ1) is 21.6. The quantitative estimate of drug-likeness (QED) is 0.136. The van der Waals surface area contributed by atoms with Gasteiger partial charge < -0.3 is 33.6 Å². The summed E-state index contributed by atoms with van der Waals surface area (Å²) in [5.41, 5.74) is 4.45. The molecule has 5 rings (SSSR count).